The monoisotopic (exact) mass is 406 g/mol. The van der Waals surface area contributed by atoms with Crippen LogP contribution in [-0.4, -0.2) is 30.6 Å². The Morgan fingerprint density at radius 3 is 2.24 bits per heavy atom. The van der Waals surface area contributed by atoms with Gasteiger partial charge in [-0.25, -0.2) is 0 Å². The van der Waals surface area contributed by atoms with Crippen molar-refractivity contribution in [2.45, 2.75) is 60.4 Å². The molecule has 0 aromatic heterocycles. The number of rotatable bonds is 9. The van der Waals surface area contributed by atoms with E-state index in [1.807, 2.05) is 12.1 Å². The molecule has 0 aliphatic rings. The van der Waals surface area contributed by atoms with E-state index >= 15 is 0 Å². The van der Waals surface area contributed by atoms with E-state index < -0.39 is 0 Å². The second-order valence-electron chi connectivity index (χ2n) is 5.25. The molecule has 124 valence electrons. The lowest BCUT2D eigenvalue weighted by molar-refractivity contribution is -0.00000520. The molecule has 21 heavy (non-hydrogen) atoms. The van der Waals surface area contributed by atoms with Crippen LogP contribution in [0.15, 0.2) is 24.3 Å². The zero-order valence-corrected chi connectivity index (χ0v) is 15.5. The molecule has 3 heteroatoms. The van der Waals surface area contributed by atoms with Crippen LogP contribution in [0.2, 0.25) is 0 Å². The molecule has 0 spiro atoms. The Bertz CT molecular complexity index is 340. The smallest absolute Gasteiger partial charge is 0.119 e. The van der Waals surface area contributed by atoms with Gasteiger partial charge >= 0.3 is 0 Å². The normalized spacial score (nSPS) is 11.5. The van der Waals surface area contributed by atoms with Crippen LogP contribution in [0.25, 0.3) is 0 Å². The first kappa shape index (κ1) is 23.0. The lowest BCUT2D eigenvalue weighted by Gasteiger charge is -2.26. The largest absolute Gasteiger partial charge is 1.00 e. The molecule has 1 rings (SSSR count). The minimum atomic E-state index is 0. The third-order valence-corrected chi connectivity index (χ3v) is 3.75. The number of halogens is 1. The van der Waals surface area contributed by atoms with E-state index in [1.54, 1.807) is 0 Å². The highest BCUT2D eigenvalue weighted by Gasteiger charge is 2.08. The molecule has 1 unspecified atom stereocenters. The van der Waals surface area contributed by atoms with Crippen molar-refractivity contribution < 1.29 is 28.7 Å². The molecule has 0 fully saturated rings. The van der Waals surface area contributed by atoms with Crippen LogP contribution in [0.1, 0.15) is 53.0 Å². The molecule has 0 aliphatic carbocycles. The highest BCUT2D eigenvalue weighted by Crippen LogP contribution is 2.12. The summed E-state index contributed by atoms with van der Waals surface area (Å²) in [6, 6.07) is 8.98. The molecule has 0 N–H and O–H groups in total. The first-order valence-electron chi connectivity index (χ1n) is 7.60. The predicted octanol–water partition coefficient (Wildman–Crippen LogP) is 1.91. The van der Waals surface area contributed by atoms with E-state index in [0.717, 1.165) is 25.3 Å². The molecule has 0 bridgehead atoms. The molecule has 1 aromatic rings. The van der Waals surface area contributed by atoms with Crippen LogP contribution in [-0.2, 0) is 0 Å². The summed E-state index contributed by atoms with van der Waals surface area (Å²) in [5.74, 6) is 0.986. The van der Waals surface area contributed by atoms with Gasteiger partial charge < -0.3 is 33.6 Å². The Hall–Kier alpha value is -0.290. The van der Waals surface area contributed by atoms with Crippen molar-refractivity contribution in [3.8, 4) is 5.75 Å². The summed E-state index contributed by atoms with van der Waals surface area (Å²) >= 11 is 0. The summed E-state index contributed by atoms with van der Waals surface area (Å²) in [4.78, 5) is 2.55. The summed E-state index contributed by atoms with van der Waals surface area (Å²) in [6.07, 6.45) is 3.57. The van der Waals surface area contributed by atoms with Crippen molar-refractivity contribution in [1.29, 1.82) is 0 Å². The minimum absolute atomic E-state index is 0. The number of unbranched alkanes of at least 4 members (excludes halogenated alkanes) is 1. The molecule has 0 radical (unpaired) electrons. The molecule has 0 saturated heterocycles. The van der Waals surface area contributed by atoms with Crippen LogP contribution < -0.4 is 28.7 Å². The fraction of sp³-hybridized carbons (Fsp3) is 0.667. The summed E-state index contributed by atoms with van der Waals surface area (Å²) < 4.78 is 5.74. The Balaban J connectivity index is 0. The lowest BCUT2D eigenvalue weighted by Crippen LogP contribution is -3.00. The van der Waals surface area contributed by atoms with E-state index in [2.05, 4.69) is 44.7 Å². The maximum atomic E-state index is 5.74. The number of aryl methyl sites for hydroxylation is 1. The number of hydrogen-bond donors (Lipinski definition) is 0. The third-order valence-electron chi connectivity index (χ3n) is 3.75. The van der Waals surface area contributed by atoms with Gasteiger partial charge in [0.05, 0.1) is 6.61 Å². The number of ether oxygens (including phenoxy) is 1. The van der Waals surface area contributed by atoms with E-state index in [-0.39, 0.29) is 31.4 Å². The highest BCUT2D eigenvalue weighted by molar-refractivity contribution is 5.26. The van der Waals surface area contributed by atoms with Gasteiger partial charge in [0.15, 0.2) is 0 Å². The van der Waals surface area contributed by atoms with Crippen LogP contribution in [0.4, 0.5) is 0 Å². The zero-order valence-electron chi connectivity index (χ0n) is 13.4. The fourth-order valence-electron chi connectivity index (χ4n) is 2.19. The van der Waals surface area contributed by atoms with Gasteiger partial charge in [-0.1, -0.05) is 39.0 Å². The molecule has 0 heterocycles. The molecule has 1 aromatic carbocycles. The van der Waals surface area contributed by atoms with Crippen LogP contribution in [0, 0.1) is 6.92 Å². The number of hydrogen-bond acceptors (Lipinski definition) is 2. The fourth-order valence-corrected chi connectivity index (χ4v) is 2.19. The van der Waals surface area contributed by atoms with Crippen molar-refractivity contribution in [1.82, 2.24) is 4.90 Å². The first-order chi connectivity index (χ1) is 9.17. The van der Waals surface area contributed by atoms with Crippen LogP contribution >= 0.6 is 0 Å². The van der Waals surface area contributed by atoms with Crippen LogP contribution in [0.3, 0.4) is 0 Å². The van der Waals surface area contributed by atoms with Crippen molar-refractivity contribution in [3.05, 3.63) is 29.8 Å². The molecule has 0 saturated carbocycles. The molecule has 1 atom stereocenters. The van der Waals surface area contributed by atoms with Gasteiger partial charge in [0.1, 0.15) is 5.75 Å². The van der Waals surface area contributed by atoms with Gasteiger partial charge in [-0.2, -0.15) is 0 Å². The van der Waals surface area contributed by atoms with Gasteiger partial charge in [0.2, 0.25) is 0 Å². The SMILES string of the molecule is C.CCC(C)N(CC)CCCCOc1ccc(C)cc1.[I-]. The molecule has 0 amide bonds. The summed E-state index contributed by atoms with van der Waals surface area (Å²) in [5.41, 5.74) is 1.28. The average Bonchev–Trinajstić information content (AvgIpc) is 2.44. The Labute approximate surface area is 149 Å². The quantitative estimate of drug-likeness (QED) is 0.459. The maximum absolute atomic E-state index is 5.74. The third kappa shape index (κ3) is 9.35. The van der Waals surface area contributed by atoms with Gasteiger partial charge in [-0.3, -0.25) is 0 Å². The van der Waals surface area contributed by atoms with Crippen molar-refractivity contribution in [3.63, 3.8) is 0 Å². The minimum Gasteiger partial charge on any atom is -1.00 e. The van der Waals surface area contributed by atoms with Crippen LogP contribution in [0.5, 0.6) is 5.75 Å². The van der Waals surface area contributed by atoms with E-state index in [4.69, 9.17) is 4.74 Å². The zero-order chi connectivity index (χ0) is 14.1. The van der Waals surface area contributed by atoms with Gasteiger partial charge in [-0.05, 0) is 58.3 Å². The van der Waals surface area contributed by atoms with Gasteiger partial charge in [0.25, 0.3) is 0 Å². The Morgan fingerprint density at radius 1 is 1.10 bits per heavy atom. The number of nitrogens with zero attached hydrogens (tertiary/aromatic N) is 1. The van der Waals surface area contributed by atoms with E-state index in [1.165, 1.54) is 24.9 Å². The molecular formula is C18H33INO-. The Kier molecular flexibility index (Phi) is 14.6. The van der Waals surface area contributed by atoms with Crippen molar-refractivity contribution in [2.75, 3.05) is 19.7 Å². The number of benzene rings is 1. The summed E-state index contributed by atoms with van der Waals surface area (Å²) in [5, 5.41) is 0. The van der Waals surface area contributed by atoms with Crippen molar-refractivity contribution in [2.24, 2.45) is 0 Å². The van der Waals surface area contributed by atoms with E-state index in [0.29, 0.717) is 6.04 Å². The topological polar surface area (TPSA) is 12.5 Å². The second-order valence-corrected chi connectivity index (χ2v) is 5.25. The predicted molar refractivity (Wildman–Crippen MR) is 89.6 cm³/mol. The van der Waals surface area contributed by atoms with Gasteiger partial charge in [0, 0.05) is 6.04 Å². The molecule has 2 nitrogen and oxygen atoms in total. The maximum Gasteiger partial charge on any atom is 0.119 e. The van der Waals surface area contributed by atoms with Gasteiger partial charge in [-0.15, -0.1) is 0 Å². The first-order valence-corrected chi connectivity index (χ1v) is 7.60. The van der Waals surface area contributed by atoms with E-state index in [9.17, 15) is 0 Å². The standard InChI is InChI=1S/C17H29NO.CH4.HI/c1-5-16(4)18(6-2)13-7-8-14-19-17-11-9-15(3)10-12-17;;/h9-12,16H,5-8,13-14H2,1-4H3;1H4;1H/p-1. The van der Waals surface area contributed by atoms with Crippen molar-refractivity contribution >= 4 is 0 Å². The second kappa shape index (κ2) is 13.4. The average molecular weight is 406 g/mol. The lowest BCUT2D eigenvalue weighted by atomic mass is 10.2. The molecule has 0 aliphatic heterocycles. The molecular weight excluding hydrogens is 373 g/mol. The Morgan fingerprint density at radius 2 is 1.71 bits per heavy atom. The summed E-state index contributed by atoms with van der Waals surface area (Å²) in [6.45, 7) is 12.1. The highest BCUT2D eigenvalue weighted by atomic mass is 127. The summed E-state index contributed by atoms with van der Waals surface area (Å²) in [7, 11) is 0.